The van der Waals surface area contributed by atoms with Crippen LogP contribution in [0.25, 0.3) is 0 Å². The maximum atomic E-state index is 12.8. The molecule has 1 fully saturated rings. The first kappa shape index (κ1) is 19.6. The Morgan fingerprint density at radius 3 is 2.43 bits per heavy atom. The summed E-state index contributed by atoms with van der Waals surface area (Å²) < 4.78 is 12.8. The van der Waals surface area contributed by atoms with Crippen molar-refractivity contribution in [3.8, 4) is 0 Å². The van der Waals surface area contributed by atoms with E-state index in [4.69, 9.17) is 5.73 Å². The molecule has 128 valence electrons. The molecular formula is C17H24ClFN2O2. The van der Waals surface area contributed by atoms with Crippen molar-refractivity contribution < 1.29 is 14.0 Å². The molecule has 1 aromatic rings. The SMILES string of the molecule is Cl.NCC1CCCCC1NC(=O)CCC(=O)c1ccc(F)cc1. The van der Waals surface area contributed by atoms with E-state index >= 15 is 0 Å². The van der Waals surface area contributed by atoms with Crippen molar-refractivity contribution in [2.24, 2.45) is 11.7 Å². The smallest absolute Gasteiger partial charge is 0.220 e. The number of hydrogen-bond acceptors (Lipinski definition) is 3. The maximum Gasteiger partial charge on any atom is 0.220 e. The average Bonchev–Trinajstić information content (AvgIpc) is 2.54. The zero-order valence-electron chi connectivity index (χ0n) is 13.1. The van der Waals surface area contributed by atoms with Crippen LogP contribution in [0, 0.1) is 11.7 Å². The lowest BCUT2D eigenvalue weighted by atomic mass is 9.84. The molecule has 2 unspecified atom stereocenters. The summed E-state index contributed by atoms with van der Waals surface area (Å²) in [5.41, 5.74) is 6.18. The zero-order chi connectivity index (χ0) is 15.9. The molecule has 1 aliphatic carbocycles. The number of ketones is 1. The number of hydrogen-bond donors (Lipinski definition) is 2. The second-order valence-electron chi connectivity index (χ2n) is 5.88. The van der Waals surface area contributed by atoms with Gasteiger partial charge in [-0.15, -0.1) is 12.4 Å². The largest absolute Gasteiger partial charge is 0.353 e. The van der Waals surface area contributed by atoms with Crippen molar-refractivity contribution in [2.45, 2.75) is 44.6 Å². The fraction of sp³-hybridized carbons (Fsp3) is 0.529. The van der Waals surface area contributed by atoms with Gasteiger partial charge in [-0.3, -0.25) is 9.59 Å². The summed E-state index contributed by atoms with van der Waals surface area (Å²) in [6.07, 6.45) is 4.57. The number of nitrogens with two attached hydrogens (primary N) is 1. The molecule has 4 nitrogen and oxygen atoms in total. The lowest BCUT2D eigenvalue weighted by Gasteiger charge is -2.31. The summed E-state index contributed by atoms with van der Waals surface area (Å²) in [7, 11) is 0. The topological polar surface area (TPSA) is 72.2 Å². The van der Waals surface area contributed by atoms with Gasteiger partial charge in [0, 0.05) is 24.4 Å². The fourth-order valence-electron chi connectivity index (χ4n) is 2.97. The minimum absolute atomic E-state index is 0. The van der Waals surface area contributed by atoms with Crippen LogP contribution in [-0.4, -0.2) is 24.3 Å². The van der Waals surface area contributed by atoms with Gasteiger partial charge in [0.15, 0.2) is 5.78 Å². The minimum atomic E-state index is -0.376. The molecule has 6 heteroatoms. The van der Waals surface area contributed by atoms with E-state index in [0.717, 1.165) is 25.7 Å². The second-order valence-corrected chi connectivity index (χ2v) is 5.88. The van der Waals surface area contributed by atoms with Gasteiger partial charge in [0.05, 0.1) is 0 Å². The lowest BCUT2D eigenvalue weighted by Crippen LogP contribution is -2.44. The third-order valence-corrected chi connectivity index (χ3v) is 4.30. The van der Waals surface area contributed by atoms with Crippen molar-refractivity contribution in [1.82, 2.24) is 5.32 Å². The first-order chi connectivity index (χ1) is 10.6. The summed E-state index contributed by atoms with van der Waals surface area (Å²) in [5, 5.41) is 3.00. The molecule has 0 heterocycles. The highest BCUT2D eigenvalue weighted by Crippen LogP contribution is 2.23. The second kappa shape index (κ2) is 9.63. The quantitative estimate of drug-likeness (QED) is 0.781. The molecule has 23 heavy (non-hydrogen) atoms. The molecule has 0 radical (unpaired) electrons. The Morgan fingerprint density at radius 2 is 1.78 bits per heavy atom. The molecule has 0 aliphatic heterocycles. The number of nitrogens with one attached hydrogen (secondary N) is 1. The first-order valence-electron chi connectivity index (χ1n) is 7.88. The van der Waals surface area contributed by atoms with Crippen molar-refractivity contribution in [2.75, 3.05) is 6.54 Å². The van der Waals surface area contributed by atoms with E-state index in [9.17, 15) is 14.0 Å². The number of Topliss-reactive ketones (excluding diaryl/α,β-unsaturated/α-hetero) is 1. The Balaban J connectivity index is 0.00000264. The van der Waals surface area contributed by atoms with E-state index in [2.05, 4.69) is 5.32 Å². The summed E-state index contributed by atoms with van der Waals surface area (Å²) in [4.78, 5) is 23.9. The Bertz CT molecular complexity index is 522. The summed E-state index contributed by atoms with van der Waals surface area (Å²) in [6.45, 7) is 0.583. The van der Waals surface area contributed by atoms with Gasteiger partial charge in [-0.2, -0.15) is 0 Å². The summed E-state index contributed by atoms with van der Waals surface area (Å²) in [5.74, 6) is -0.292. The van der Waals surface area contributed by atoms with Crippen LogP contribution in [0.2, 0.25) is 0 Å². The number of halogens is 2. The van der Waals surface area contributed by atoms with Crippen molar-refractivity contribution in [3.05, 3.63) is 35.6 Å². The van der Waals surface area contributed by atoms with Gasteiger partial charge in [-0.25, -0.2) is 4.39 Å². The van der Waals surface area contributed by atoms with Gasteiger partial charge < -0.3 is 11.1 Å². The maximum absolute atomic E-state index is 12.8. The van der Waals surface area contributed by atoms with Gasteiger partial charge in [0.25, 0.3) is 0 Å². The third kappa shape index (κ3) is 5.92. The van der Waals surface area contributed by atoms with E-state index in [-0.39, 0.29) is 48.8 Å². The number of carbonyl (C=O) groups is 2. The molecule has 0 saturated heterocycles. The van der Waals surface area contributed by atoms with Crippen LogP contribution in [-0.2, 0) is 4.79 Å². The Labute approximate surface area is 142 Å². The van der Waals surface area contributed by atoms with Crippen LogP contribution in [0.5, 0.6) is 0 Å². The van der Waals surface area contributed by atoms with Crippen LogP contribution >= 0.6 is 12.4 Å². The lowest BCUT2D eigenvalue weighted by molar-refractivity contribution is -0.122. The van der Waals surface area contributed by atoms with Crippen molar-refractivity contribution >= 4 is 24.1 Å². The molecule has 3 N–H and O–H groups in total. The van der Waals surface area contributed by atoms with Crippen molar-refractivity contribution in [1.29, 1.82) is 0 Å². The number of amides is 1. The molecule has 1 aromatic carbocycles. The van der Waals surface area contributed by atoms with E-state index in [1.54, 1.807) is 0 Å². The van der Waals surface area contributed by atoms with Gasteiger partial charge in [0.1, 0.15) is 5.82 Å². The average molecular weight is 343 g/mol. The Morgan fingerprint density at radius 1 is 1.13 bits per heavy atom. The molecule has 1 saturated carbocycles. The molecule has 2 rings (SSSR count). The monoisotopic (exact) mass is 342 g/mol. The van der Waals surface area contributed by atoms with Crippen LogP contribution in [0.1, 0.15) is 48.9 Å². The molecule has 2 atom stereocenters. The van der Waals surface area contributed by atoms with Crippen LogP contribution in [0.4, 0.5) is 4.39 Å². The van der Waals surface area contributed by atoms with E-state index in [1.807, 2.05) is 0 Å². The molecule has 0 bridgehead atoms. The Kier molecular flexibility index (Phi) is 8.20. The van der Waals surface area contributed by atoms with E-state index < -0.39 is 0 Å². The highest BCUT2D eigenvalue weighted by atomic mass is 35.5. The highest BCUT2D eigenvalue weighted by Gasteiger charge is 2.25. The normalized spacial score (nSPS) is 20.4. The molecule has 1 amide bonds. The standard InChI is InChI=1S/C17H23FN2O2.ClH/c18-14-7-5-12(6-8-14)16(21)9-10-17(22)20-15-4-2-1-3-13(15)11-19;/h5-8,13,15H,1-4,9-11,19H2,(H,20,22);1H. The molecule has 0 spiro atoms. The highest BCUT2D eigenvalue weighted by molar-refractivity contribution is 5.97. The zero-order valence-corrected chi connectivity index (χ0v) is 13.9. The van der Waals surface area contributed by atoms with Crippen LogP contribution < -0.4 is 11.1 Å². The van der Waals surface area contributed by atoms with Gasteiger partial charge in [-0.1, -0.05) is 12.8 Å². The molecular weight excluding hydrogens is 319 g/mol. The van der Waals surface area contributed by atoms with Gasteiger partial charge in [0.2, 0.25) is 5.91 Å². The van der Waals surface area contributed by atoms with Crippen molar-refractivity contribution in [3.63, 3.8) is 0 Å². The first-order valence-corrected chi connectivity index (χ1v) is 7.88. The van der Waals surface area contributed by atoms with E-state index in [1.165, 1.54) is 24.3 Å². The van der Waals surface area contributed by atoms with E-state index in [0.29, 0.717) is 18.0 Å². The molecule has 1 aliphatic rings. The predicted octanol–water partition coefficient (Wildman–Crippen LogP) is 2.84. The predicted molar refractivity (Wildman–Crippen MR) is 90.2 cm³/mol. The third-order valence-electron chi connectivity index (χ3n) is 4.30. The minimum Gasteiger partial charge on any atom is -0.353 e. The molecule has 0 aromatic heterocycles. The number of carbonyl (C=O) groups excluding carboxylic acids is 2. The van der Waals surface area contributed by atoms with Gasteiger partial charge >= 0.3 is 0 Å². The Hall–Kier alpha value is -1.46. The van der Waals surface area contributed by atoms with Gasteiger partial charge in [-0.05, 0) is 49.6 Å². The van der Waals surface area contributed by atoms with Crippen LogP contribution in [0.15, 0.2) is 24.3 Å². The fourth-order valence-corrected chi connectivity index (χ4v) is 2.97. The summed E-state index contributed by atoms with van der Waals surface area (Å²) in [6, 6.07) is 5.53. The number of benzene rings is 1. The number of rotatable bonds is 6. The van der Waals surface area contributed by atoms with Crippen LogP contribution in [0.3, 0.4) is 0 Å². The summed E-state index contributed by atoms with van der Waals surface area (Å²) >= 11 is 0.